The van der Waals surface area contributed by atoms with Gasteiger partial charge in [0.25, 0.3) is 0 Å². The summed E-state index contributed by atoms with van der Waals surface area (Å²) in [6.07, 6.45) is 7.54. The lowest BCUT2D eigenvalue weighted by Crippen LogP contribution is -2.48. The third-order valence-corrected chi connectivity index (χ3v) is 6.01. The largest absolute Gasteiger partial charge is 0.367 e. The van der Waals surface area contributed by atoms with Gasteiger partial charge < -0.3 is 4.74 Å². The Morgan fingerprint density at radius 1 is 1.00 bits per heavy atom. The van der Waals surface area contributed by atoms with E-state index in [0.29, 0.717) is 38.2 Å². The molecule has 1 nitrogen and oxygen atoms in total. The van der Waals surface area contributed by atoms with Gasteiger partial charge in [-0.1, -0.05) is 26.7 Å². The van der Waals surface area contributed by atoms with Crippen LogP contribution in [-0.2, 0) is 4.74 Å². The van der Waals surface area contributed by atoms with Gasteiger partial charge >= 0.3 is 0 Å². The van der Waals surface area contributed by atoms with Crippen LogP contribution < -0.4 is 0 Å². The molecular formula is C17H26F2O. The van der Waals surface area contributed by atoms with Crippen LogP contribution >= 0.6 is 0 Å². The number of allylic oxidation sites excluding steroid dienone is 1. The standard InChI is InChI=1S/C17H26F2O/c1-12-3-5-13(6-4-12)11-20-17-9-7-16(2,8-10-17)14(18)15(17)19/h12-13H,3-11H2,1-2H3. The average molecular weight is 284 g/mol. The fourth-order valence-corrected chi connectivity index (χ4v) is 4.09. The molecule has 4 aliphatic carbocycles. The van der Waals surface area contributed by atoms with Crippen LogP contribution in [0.4, 0.5) is 8.78 Å². The van der Waals surface area contributed by atoms with Crippen LogP contribution in [0, 0.1) is 17.3 Å². The lowest BCUT2D eigenvalue weighted by atomic mass is 9.63. The van der Waals surface area contributed by atoms with Gasteiger partial charge in [0, 0.05) is 5.41 Å². The lowest BCUT2D eigenvalue weighted by molar-refractivity contribution is -0.109. The molecule has 2 saturated carbocycles. The average Bonchev–Trinajstić information content (AvgIpc) is 2.46. The maximum atomic E-state index is 14.4. The SMILES string of the molecule is CC1CCC(COC23CCC(C)(CC2)C(F)=C3F)CC1. The molecule has 20 heavy (non-hydrogen) atoms. The van der Waals surface area contributed by atoms with Crippen LogP contribution in [0.25, 0.3) is 0 Å². The molecule has 3 heteroatoms. The second-order valence-electron chi connectivity index (χ2n) is 7.62. The lowest BCUT2D eigenvalue weighted by Gasteiger charge is -2.49. The van der Waals surface area contributed by atoms with E-state index >= 15 is 0 Å². The summed E-state index contributed by atoms with van der Waals surface area (Å²) in [7, 11) is 0. The minimum Gasteiger partial charge on any atom is -0.367 e. The van der Waals surface area contributed by atoms with E-state index in [9.17, 15) is 8.78 Å². The van der Waals surface area contributed by atoms with E-state index in [1.807, 2.05) is 6.92 Å². The number of rotatable bonds is 3. The molecule has 0 amide bonds. The summed E-state index contributed by atoms with van der Waals surface area (Å²) >= 11 is 0. The summed E-state index contributed by atoms with van der Waals surface area (Å²) in [5, 5.41) is 0. The summed E-state index contributed by atoms with van der Waals surface area (Å²) in [6, 6.07) is 0. The molecule has 0 unspecified atom stereocenters. The van der Waals surface area contributed by atoms with Crippen LogP contribution in [0.2, 0.25) is 0 Å². The molecule has 0 heterocycles. The van der Waals surface area contributed by atoms with Crippen molar-refractivity contribution in [3.05, 3.63) is 11.7 Å². The molecule has 0 aromatic heterocycles. The highest BCUT2D eigenvalue weighted by atomic mass is 19.2. The van der Waals surface area contributed by atoms with Crippen molar-refractivity contribution in [2.45, 2.75) is 70.8 Å². The maximum Gasteiger partial charge on any atom is 0.164 e. The summed E-state index contributed by atoms with van der Waals surface area (Å²) in [4.78, 5) is 0. The molecule has 0 aliphatic heterocycles. The van der Waals surface area contributed by atoms with Gasteiger partial charge in [0.2, 0.25) is 0 Å². The van der Waals surface area contributed by atoms with E-state index in [1.54, 1.807) is 0 Å². The van der Waals surface area contributed by atoms with E-state index in [0.717, 1.165) is 5.92 Å². The van der Waals surface area contributed by atoms with Crippen LogP contribution in [0.1, 0.15) is 65.2 Å². The minimum atomic E-state index is -0.926. The Morgan fingerprint density at radius 2 is 1.60 bits per heavy atom. The summed E-state index contributed by atoms with van der Waals surface area (Å²) in [5.74, 6) is 0.212. The van der Waals surface area contributed by atoms with Crippen LogP contribution in [0.15, 0.2) is 11.7 Å². The molecule has 0 spiro atoms. The maximum absolute atomic E-state index is 14.4. The van der Waals surface area contributed by atoms with Crippen molar-refractivity contribution in [2.75, 3.05) is 6.61 Å². The van der Waals surface area contributed by atoms with Gasteiger partial charge in [0.1, 0.15) is 11.4 Å². The first-order valence-corrected chi connectivity index (χ1v) is 8.15. The smallest absolute Gasteiger partial charge is 0.164 e. The molecule has 4 aliphatic rings. The number of fused-ring (bicyclic) bond motifs is 2. The number of hydrogen-bond donors (Lipinski definition) is 0. The van der Waals surface area contributed by atoms with Crippen LogP contribution in [0.5, 0.6) is 0 Å². The first-order valence-electron chi connectivity index (χ1n) is 8.15. The first-order chi connectivity index (χ1) is 9.45. The second kappa shape index (κ2) is 5.08. The fraction of sp³-hybridized carbons (Fsp3) is 0.882. The van der Waals surface area contributed by atoms with E-state index in [1.165, 1.54) is 25.7 Å². The Hall–Kier alpha value is -0.440. The molecular weight excluding hydrogens is 258 g/mol. The normalized spacial score (nSPS) is 45.0. The van der Waals surface area contributed by atoms with Gasteiger partial charge in [0.15, 0.2) is 5.83 Å². The quantitative estimate of drug-likeness (QED) is 0.682. The van der Waals surface area contributed by atoms with E-state index in [4.69, 9.17) is 4.74 Å². The van der Waals surface area contributed by atoms with Gasteiger partial charge in [-0.05, 0) is 50.4 Å². The topological polar surface area (TPSA) is 9.23 Å². The minimum absolute atomic E-state index is 0.534. The molecule has 0 atom stereocenters. The second-order valence-corrected chi connectivity index (χ2v) is 7.62. The van der Waals surface area contributed by atoms with Crippen LogP contribution in [-0.4, -0.2) is 12.2 Å². The van der Waals surface area contributed by atoms with Crippen LogP contribution in [0.3, 0.4) is 0 Å². The van der Waals surface area contributed by atoms with E-state index in [2.05, 4.69) is 6.92 Å². The van der Waals surface area contributed by atoms with Crippen molar-refractivity contribution >= 4 is 0 Å². The van der Waals surface area contributed by atoms with E-state index in [-0.39, 0.29) is 0 Å². The van der Waals surface area contributed by atoms with Crippen molar-refractivity contribution in [2.24, 2.45) is 17.3 Å². The Kier molecular flexibility index (Phi) is 3.68. The predicted octanol–water partition coefficient (Wildman–Crippen LogP) is 5.31. The molecule has 0 saturated heterocycles. The van der Waals surface area contributed by atoms with Crippen molar-refractivity contribution in [3.8, 4) is 0 Å². The Labute approximate surface area is 120 Å². The Bertz CT molecular complexity index is 399. The summed E-state index contributed by atoms with van der Waals surface area (Å²) < 4.78 is 34.5. The summed E-state index contributed by atoms with van der Waals surface area (Å²) in [6.45, 7) is 4.73. The molecule has 0 N–H and O–H groups in total. The van der Waals surface area contributed by atoms with Crippen molar-refractivity contribution in [1.29, 1.82) is 0 Å². The molecule has 114 valence electrons. The van der Waals surface area contributed by atoms with Crippen molar-refractivity contribution < 1.29 is 13.5 Å². The molecule has 0 aromatic rings. The van der Waals surface area contributed by atoms with Gasteiger partial charge in [-0.25, -0.2) is 8.78 Å². The third-order valence-electron chi connectivity index (χ3n) is 6.01. The highest BCUT2D eigenvalue weighted by Gasteiger charge is 2.54. The predicted molar refractivity (Wildman–Crippen MR) is 75.6 cm³/mol. The number of hydrogen-bond acceptors (Lipinski definition) is 1. The van der Waals surface area contributed by atoms with Crippen molar-refractivity contribution in [1.82, 2.24) is 0 Å². The molecule has 0 aromatic carbocycles. The third kappa shape index (κ3) is 2.32. The molecule has 2 fully saturated rings. The fourth-order valence-electron chi connectivity index (χ4n) is 4.09. The van der Waals surface area contributed by atoms with E-state index < -0.39 is 22.7 Å². The highest BCUT2D eigenvalue weighted by molar-refractivity contribution is 5.28. The molecule has 4 rings (SSSR count). The Morgan fingerprint density at radius 3 is 2.20 bits per heavy atom. The number of halogens is 2. The van der Waals surface area contributed by atoms with Gasteiger partial charge in [-0.3, -0.25) is 0 Å². The molecule has 2 bridgehead atoms. The monoisotopic (exact) mass is 284 g/mol. The Balaban J connectivity index is 1.65. The molecule has 0 radical (unpaired) electrons. The summed E-state index contributed by atoms with van der Waals surface area (Å²) in [5.41, 5.74) is -1.49. The van der Waals surface area contributed by atoms with Gasteiger partial charge in [-0.15, -0.1) is 0 Å². The zero-order valence-electron chi connectivity index (χ0n) is 12.7. The zero-order valence-corrected chi connectivity index (χ0v) is 12.7. The van der Waals surface area contributed by atoms with Crippen molar-refractivity contribution in [3.63, 3.8) is 0 Å². The first kappa shape index (κ1) is 14.5. The highest BCUT2D eigenvalue weighted by Crippen LogP contribution is 2.57. The zero-order chi connectivity index (χ0) is 14.4. The van der Waals surface area contributed by atoms with Gasteiger partial charge in [0.05, 0.1) is 6.61 Å². The van der Waals surface area contributed by atoms with Gasteiger partial charge in [-0.2, -0.15) is 0 Å². The number of ether oxygens (including phenoxy) is 1.